The third-order valence-electron chi connectivity index (χ3n) is 3.09. The second-order valence-corrected chi connectivity index (χ2v) is 5.20. The molecule has 0 radical (unpaired) electrons. The van der Waals surface area contributed by atoms with Gasteiger partial charge in [0.05, 0.1) is 19.4 Å². The van der Waals surface area contributed by atoms with Crippen molar-refractivity contribution in [3.63, 3.8) is 0 Å². The van der Waals surface area contributed by atoms with Crippen LogP contribution in [0.1, 0.15) is 11.3 Å². The van der Waals surface area contributed by atoms with Gasteiger partial charge in [-0.3, -0.25) is 4.68 Å². The third-order valence-corrected chi connectivity index (χ3v) is 3.34. The molecular weight excluding hydrogens is 296 g/mol. The minimum Gasteiger partial charge on any atom is -0.467 e. The summed E-state index contributed by atoms with van der Waals surface area (Å²) in [5.41, 5.74) is 2.10. The topological polar surface area (TPSA) is 55.0 Å². The van der Waals surface area contributed by atoms with Crippen molar-refractivity contribution < 1.29 is 4.42 Å². The molecule has 3 aromatic rings. The molecule has 0 aliphatic rings. The molecule has 3 rings (SSSR count). The van der Waals surface area contributed by atoms with Crippen molar-refractivity contribution in [2.24, 2.45) is 0 Å². The van der Waals surface area contributed by atoms with Gasteiger partial charge < -0.3 is 15.1 Å². The molecule has 0 saturated carbocycles. The number of hydrogen-bond donors (Lipinski definition) is 2. The fourth-order valence-electron chi connectivity index (χ4n) is 2.08. The lowest BCUT2D eigenvalue weighted by molar-refractivity contribution is 0.503. The number of hydrogen-bond acceptors (Lipinski definition) is 3. The van der Waals surface area contributed by atoms with Crippen LogP contribution >= 0.6 is 12.2 Å². The van der Waals surface area contributed by atoms with Crippen molar-refractivity contribution >= 4 is 23.0 Å². The van der Waals surface area contributed by atoms with Crippen LogP contribution in [0.15, 0.2) is 65.5 Å². The first-order valence-electron chi connectivity index (χ1n) is 6.93. The van der Waals surface area contributed by atoms with E-state index in [2.05, 4.69) is 27.9 Å². The van der Waals surface area contributed by atoms with Crippen molar-refractivity contribution in [3.05, 3.63) is 72.4 Å². The predicted molar refractivity (Wildman–Crippen MR) is 89.5 cm³/mol. The predicted octanol–water partition coefficient (Wildman–Crippen LogP) is 3.01. The summed E-state index contributed by atoms with van der Waals surface area (Å²) in [6.07, 6.45) is 5.36. The van der Waals surface area contributed by atoms with E-state index >= 15 is 0 Å². The first kappa shape index (κ1) is 14.3. The quantitative estimate of drug-likeness (QED) is 0.709. The van der Waals surface area contributed by atoms with Crippen LogP contribution in [0.5, 0.6) is 0 Å². The van der Waals surface area contributed by atoms with Gasteiger partial charge in [0.15, 0.2) is 5.11 Å². The van der Waals surface area contributed by atoms with Gasteiger partial charge in [-0.1, -0.05) is 12.1 Å². The van der Waals surface area contributed by atoms with E-state index in [0.29, 0.717) is 11.7 Å². The smallest absolute Gasteiger partial charge is 0.171 e. The molecule has 0 aliphatic heterocycles. The Morgan fingerprint density at radius 2 is 2.18 bits per heavy atom. The van der Waals surface area contributed by atoms with E-state index in [0.717, 1.165) is 23.6 Å². The molecule has 5 nitrogen and oxygen atoms in total. The van der Waals surface area contributed by atoms with Gasteiger partial charge in [-0.05, 0) is 48.1 Å². The van der Waals surface area contributed by atoms with Crippen LogP contribution in [-0.4, -0.2) is 14.9 Å². The second-order valence-electron chi connectivity index (χ2n) is 4.79. The monoisotopic (exact) mass is 312 g/mol. The molecule has 0 amide bonds. The Kier molecular flexibility index (Phi) is 4.50. The van der Waals surface area contributed by atoms with Crippen LogP contribution in [0.4, 0.5) is 5.69 Å². The first-order chi connectivity index (χ1) is 10.8. The molecule has 1 aromatic carbocycles. The van der Waals surface area contributed by atoms with E-state index in [1.807, 2.05) is 41.2 Å². The maximum Gasteiger partial charge on any atom is 0.171 e. The van der Waals surface area contributed by atoms with E-state index in [1.165, 1.54) is 0 Å². The SMILES string of the molecule is S=C(NCc1ccco1)Nc1cccc(Cn2cccn2)c1. The zero-order valence-corrected chi connectivity index (χ0v) is 12.7. The highest BCUT2D eigenvalue weighted by atomic mass is 32.1. The molecule has 0 aliphatic carbocycles. The van der Waals surface area contributed by atoms with Gasteiger partial charge in [0, 0.05) is 18.1 Å². The molecule has 112 valence electrons. The summed E-state index contributed by atoms with van der Waals surface area (Å²) in [5.74, 6) is 0.844. The Hall–Kier alpha value is -2.60. The number of rotatable bonds is 5. The van der Waals surface area contributed by atoms with Gasteiger partial charge in [-0.15, -0.1) is 0 Å². The lowest BCUT2D eigenvalue weighted by Gasteiger charge is -2.11. The summed E-state index contributed by atoms with van der Waals surface area (Å²) in [6, 6.07) is 13.8. The fraction of sp³-hybridized carbons (Fsp3) is 0.125. The van der Waals surface area contributed by atoms with Crippen LogP contribution in [0.3, 0.4) is 0 Å². The average Bonchev–Trinajstić information content (AvgIpc) is 3.19. The molecule has 0 fully saturated rings. The molecule has 2 heterocycles. The van der Waals surface area contributed by atoms with Crippen molar-refractivity contribution in [2.75, 3.05) is 5.32 Å². The van der Waals surface area contributed by atoms with Crippen molar-refractivity contribution in [1.82, 2.24) is 15.1 Å². The molecule has 22 heavy (non-hydrogen) atoms. The van der Waals surface area contributed by atoms with Gasteiger partial charge in [-0.2, -0.15) is 5.10 Å². The highest BCUT2D eigenvalue weighted by Crippen LogP contribution is 2.12. The molecule has 6 heteroatoms. The van der Waals surface area contributed by atoms with E-state index < -0.39 is 0 Å². The normalized spacial score (nSPS) is 10.4. The van der Waals surface area contributed by atoms with Crippen molar-refractivity contribution in [2.45, 2.75) is 13.1 Å². The van der Waals surface area contributed by atoms with Gasteiger partial charge in [0.2, 0.25) is 0 Å². The minimum atomic E-state index is 0.561. The van der Waals surface area contributed by atoms with Crippen LogP contribution in [0.2, 0.25) is 0 Å². The van der Waals surface area contributed by atoms with Crippen LogP contribution in [0, 0.1) is 0 Å². The number of furan rings is 1. The maximum atomic E-state index is 5.29. The van der Waals surface area contributed by atoms with Gasteiger partial charge in [-0.25, -0.2) is 0 Å². The fourth-order valence-corrected chi connectivity index (χ4v) is 2.27. The van der Waals surface area contributed by atoms with E-state index in [1.54, 1.807) is 12.5 Å². The molecule has 0 spiro atoms. The summed E-state index contributed by atoms with van der Waals surface area (Å²) < 4.78 is 7.13. The van der Waals surface area contributed by atoms with Crippen molar-refractivity contribution in [3.8, 4) is 0 Å². The third kappa shape index (κ3) is 3.95. The summed E-state index contributed by atoms with van der Waals surface area (Å²) >= 11 is 5.29. The minimum absolute atomic E-state index is 0.561. The van der Waals surface area contributed by atoms with E-state index in [-0.39, 0.29) is 0 Å². The summed E-state index contributed by atoms with van der Waals surface area (Å²) in [7, 11) is 0. The number of nitrogens with zero attached hydrogens (tertiary/aromatic N) is 2. The van der Waals surface area contributed by atoms with E-state index in [4.69, 9.17) is 16.6 Å². The number of aromatic nitrogens is 2. The van der Waals surface area contributed by atoms with Crippen LogP contribution < -0.4 is 10.6 Å². The highest BCUT2D eigenvalue weighted by Gasteiger charge is 2.01. The van der Waals surface area contributed by atoms with Gasteiger partial charge in [0.25, 0.3) is 0 Å². The number of benzene rings is 1. The number of thiocarbonyl (C=S) groups is 1. The van der Waals surface area contributed by atoms with Crippen LogP contribution in [-0.2, 0) is 13.1 Å². The molecule has 0 bridgehead atoms. The average molecular weight is 312 g/mol. The number of anilines is 1. The molecule has 0 atom stereocenters. The number of nitrogens with one attached hydrogen (secondary N) is 2. The van der Waals surface area contributed by atoms with Gasteiger partial charge >= 0.3 is 0 Å². The lowest BCUT2D eigenvalue weighted by Crippen LogP contribution is -2.27. The molecule has 0 unspecified atom stereocenters. The maximum absolute atomic E-state index is 5.29. The largest absolute Gasteiger partial charge is 0.467 e. The van der Waals surface area contributed by atoms with E-state index in [9.17, 15) is 0 Å². The molecule has 2 aromatic heterocycles. The summed E-state index contributed by atoms with van der Waals surface area (Å²) in [4.78, 5) is 0. The summed E-state index contributed by atoms with van der Waals surface area (Å²) in [6.45, 7) is 1.29. The van der Waals surface area contributed by atoms with Crippen LogP contribution in [0.25, 0.3) is 0 Å². The Labute approximate surface area is 134 Å². The Bertz CT molecular complexity index is 722. The zero-order valence-electron chi connectivity index (χ0n) is 11.9. The standard InChI is InChI=1S/C16H16N4OS/c22-16(17-11-15-6-2-9-21-15)19-14-5-1-4-13(10-14)12-20-8-3-7-18-20/h1-10H,11-12H2,(H2,17,19,22). The zero-order chi connectivity index (χ0) is 15.2. The Morgan fingerprint density at radius 1 is 1.23 bits per heavy atom. The molecular formula is C16H16N4OS. The van der Waals surface area contributed by atoms with Gasteiger partial charge in [0.1, 0.15) is 5.76 Å². The Morgan fingerprint density at radius 3 is 2.95 bits per heavy atom. The molecule has 2 N–H and O–H groups in total. The second kappa shape index (κ2) is 6.91. The molecule has 0 saturated heterocycles. The first-order valence-corrected chi connectivity index (χ1v) is 7.34. The highest BCUT2D eigenvalue weighted by molar-refractivity contribution is 7.80. The summed E-state index contributed by atoms with van der Waals surface area (Å²) in [5, 5.41) is 11.1. The lowest BCUT2D eigenvalue weighted by atomic mass is 10.2. The van der Waals surface area contributed by atoms with Crippen molar-refractivity contribution in [1.29, 1.82) is 0 Å². The Balaban J connectivity index is 1.56.